The second-order valence-corrected chi connectivity index (χ2v) is 4.68. The second kappa shape index (κ2) is 7.04. The normalized spacial score (nSPS) is 15.6. The van der Waals surface area contributed by atoms with Gasteiger partial charge < -0.3 is 15.5 Å². The Morgan fingerprint density at radius 3 is 2.63 bits per heavy atom. The Labute approximate surface area is 113 Å². The number of anilines is 1. The van der Waals surface area contributed by atoms with Crippen molar-refractivity contribution in [3.05, 3.63) is 18.6 Å². The number of hydrogen-bond donors (Lipinski definition) is 1. The van der Waals surface area contributed by atoms with E-state index in [1.165, 1.54) is 0 Å². The standard InChI is InChI=1S/C13H21N5O/c14-4-2-1-3-13(19)18-9-7-17(8-10-18)12-11-15-5-6-16-12/h5-6,11H,1-4,7-10,14H2. The van der Waals surface area contributed by atoms with Gasteiger partial charge in [-0.15, -0.1) is 0 Å². The molecular weight excluding hydrogens is 242 g/mol. The van der Waals surface area contributed by atoms with Crippen LogP contribution in [0.5, 0.6) is 0 Å². The summed E-state index contributed by atoms with van der Waals surface area (Å²) in [5.41, 5.74) is 5.43. The van der Waals surface area contributed by atoms with Crippen LogP contribution in [0.1, 0.15) is 19.3 Å². The molecule has 0 unspecified atom stereocenters. The molecule has 1 aromatic rings. The first-order chi connectivity index (χ1) is 9.31. The summed E-state index contributed by atoms with van der Waals surface area (Å²) < 4.78 is 0. The lowest BCUT2D eigenvalue weighted by Crippen LogP contribution is -2.49. The summed E-state index contributed by atoms with van der Waals surface area (Å²) in [5.74, 6) is 1.13. The van der Waals surface area contributed by atoms with E-state index in [0.29, 0.717) is 13.0 Å². The van der Waals surface area contributed by atoms with Crippen molar-refractivity contribution in [3.63, 3.8) is 0 Å². The average Bonchev–Trinajstić information content (AvgIpc) is 2.48. The molecule has 19 heavy (non-hydrogen) atoms. The van der Waals surface area contributed by atoms with E-state index in [-0.39, 0.29) is 5.91 Å². The van der Waals surface area contributed by atoms with Crippen LogP contribution in [0.2, 0.25) is 0 Å². The van der Waals surface area contributed by atoms with Gasteiger partial charge in [-0.2, -0.15) is 0 Å². The number of carbonyl (C=O) groups is 1. The van der Waals surface area contributed by atoms with Crippen LogP contribution in [-0.4, -0.2) is 53.5 Å². The molecule has 6 heteroatoms. The van der Waals surface area contributed by atoms with Gasteiger partial charge in [0.25, 0.3) is 0 Å². The zero-order valence-corrected chi connectivity index (χ0v) is 11.2. The highest BCUT2D eigenvalue weighted by molar-refractivity contribution is 5.76. The Bertz CT molecular complexity index is 389. The molecule has 0 saturated carbocycles. The molecule has 2 heterocycles. The average molecular weight is 263 g/mol. The van der Waals surface area contributed by atoms with Crippen molar-refractivity contribution in [2.45, 2.75) is 19.3 Å². The number of nitrogens with zero attached hydrogens (tertiary/aromatic N) is 4. The molecular formula is C13H21N5O. The molecule has 2 N–H and O–H groups in total. The van der Waals surface area contributed by atoms with Crippen molar-refractivity contribution in [1.29, 1.82) is 0 Å². The van der Waals surface area contributed by atoms with E-state index < -0.39 is 0 Å². The molecule has 1 saturated heterocycles. The van der Waals surface area contributed by atoms with Gasteiger partial charge in [-0.05, 0) is 19.4 Å². The summed E-state index contributed by atoms with van der Waals surface area (Å²) in [6.45, 7) is 3.83. The topological polar surface area (TPSA) is 75.4 Å². The molecule has 0 aliphatic carbocycles. The molecule has 0 aromatic carbocycles. The third-order valence-corrected chi connectivity index (χ3v) is 3.35. The number of piperazine rings is 1. The first-order valence-corrected chi connectivity index (χ1v) is 6.80. The van der Waals surface area contributed by atoms with Gasteiger partial charge in [0.1, 0.15) is 5.82 Å². The maximum atomic E-state index is 12.0. The zero-order chi connectivity index (χ0) is 13.5. The van der Waals surface area contributed by atoms with Gasteiger partial charge in [0, 0.05) is 45.0 Å². The molecule has 6 nitrogen and oxygen atoms in total. The number of amides is 1. The van der Waals surface area contributed by atoms with Crippen molar-refractivity contribution in [2.24, 2.45) is 5.73 Å². The summed E-state index contributed by atoms with van der Waals surface area (Å²) in [5, 5.41) is 0. The van der Waals surface area contributed by atoms with Crippen LogP contribution in [-0.2, 0) is 4.79 Å². The predicted molar refractivity (Wildman–Crippen MR) is 73.7 cm³/mol. The van der Waals surface area contributed by atoms with Gasteiger partial charge in [0.2, 0.25) is 5.91 Å². The zero-order valence-electron chi connectivity index (χ0n) is 11.2. The fourth-order valence-electron chi connectivity index (χ4n) is 2.22. The third-order valence-electron chi connectivity index (χ3n) is 3.35. The summed E-state index contributed by atoms with van der Waals surface area (Å²) in [6.07, 6.45) is 7.55. The molecule has 2 rings (SSSR count). The summed E-state index contributed by atoms with van der Waals surface area (Å²) in [6, 6.07) is 0. The number of aromatic nitrogens is 2. The summed E-state index contributed by atoms with van der Waals surface area (Å²) >= 11 is 0. The summed E-state index contributed by atoms with van der Waals surface area (Å²) in [7, 11) is 0. The van der Waals surface area contributed by atoms with Gasteiger partial charge in [-0.25, -0.2) is 4.98 Å². The highest BCUT2D eigenvalue weighted by atomic mass is 16.2. The third kappa shape index (κ3) is 3.89. The van der Waals surface area contributed by atoms with Crippen LogP contribution in [0, 0.1) is 0 Å². The van der Waals surface area contributed by atoms with Gasteiger partial charge in [0.05, 0.1) is 6.20 Å². The van der Waals surface area contributed by atoms with Crippen LogP contribution in [0.15, 0.2) is 18.6 Å². The van der Waals surface area contributed by atoms with Crippen LogP contribution >= 0.6 is 0 Å². The predicted octanol–water partition coefficient (Wildman–Crippen LogP) is 0.254. The molecule has 1 amide bonds. The largest absolute Gasteiger partial charge is 0.352 e. The number of rotatable bonds is 5. The number of hydrogen-bond acceptors (Lipinski definition) is 5. The van der Waals surface area contributed by atoms with Crippen LogP contribution in [0.3, 0.4) is 0 Å². The van der Waals surface area contributed by atoms with E-state index in [4.69, 9.17) is 5.73 Å². The van der Waals surface area contributed by atoms with E-state index in [0.717, 1.165) is 44.8 Å². The number of unbranched alkanes of at least 4 members (excludes halogenated alkanes) is 1. The van der Waals surface area contributed by atoms with Crippen molar-refractivity contribution in [2.75, 3.05) is 37.6 Å². The number of carbonyl (C=O) groups excluding carboxylic acids is 1. The fraction of sp³-hybridized carbons (Fsp3) is 0.615. The van der Waals surface area contributed by atoms with Crippen molar-refractivity contribution >= 4 is 11.7 Å². The Hall–Kier alpha value is -1.69. The maximum absolute atomic E-state index is 12.0. The Morgan fingerprint density at radius 2 is 2.00 bits per heavy atom. The fourth-order valence-corrected chi connectivity index (χ4v) is 2.22. The van der Waals surface area contributed by atoms with E-state index >= 15 is 0 Å². The molecule has 1 fully saturated rings. The first kappa shape index (κ1) is 13.7. The van der Waals surface area contributed by atoms with Crippen LogP contribution < -0.4 is 10.6 Å². The lowest BCUT2D eigenvalue weighted by atomic mass is 10.2. The SMILES string of the molecule is NCCCCC(=O)N1CCN(c2cnccn2)CC1. The van der Waals surface area contributed by atoms with E-state index in [9.17, 15) is 4.79 Å². The lowest BCUT2D eigenvalue weighted by molar-refractivity contribution is -0.131. The van der Waals surface area contributed by atoms with E-state index in [1.54, 1.807) is 18.6 Å². The quantitative estimate of drug-likeness (QED) is 0.771. The minimum absolute atomic E-state index is 0.243. The monoisotopic (exact) mass is 263 g/mol. The van der Waals surface area contributed by atoms with Crippen LogP contribution in [0.25, 0.3) is 0 Å². The molecule has 104 valence electrons. The van der Waals surface area contributed by atoms with Crippen LogP contribution in [0.4, 0.5) is 5.82 Å². The highest BCUT2D eigenvalue weighted by Crippen LogP contribution is 2.12. The molecule has 0 atom stereocenters. The smallest absolute Gasteiger partial charge is 0.222 e. The molecule has 0 bridgehead atoms. The minimum Gasteiger partial charge on any atom is -0.352 e. The van der Waals surface area contributed by atoms with E-state index in [1.807, 2.05) is 4.90 Å². The molecule has 1 aromatic heterocycles. The summed E-state index contributed by atoms with van der Waals surface area (Å²) in [4.78, 5) is 24.4. The van der Waals surface area contributed by atoms with Gasteiger partial charge in [-0.1, -0.05) is 0 Å². The molecule has 0 spiro atoms. The highest BCUT2D eigenvalue weighted by Gasteiger charge is 2.21. The maximum Gasteiger partial charge on any atom is 0.222 e. The lowest BCUT2D eigenvalue weighted by Gasteiger charge is -2.35. The number of nitrogens with two attached hydrogens (primary N) is 1. The van der Waals surface area contributed by atoms with Gasteiger partial charge in [0.15, 0.2) is 0 Å². The van der Waals surface area contributed by atoms with Gasteiger partial charge >= 0.3 is 0 Å². The van der Waals surface area contributed by atoms with E-state index in [2.05, 4.69) is 14.9 Å². The first-order valence-electron chi connectivity index (χ1n) is 6.80. The molecule has 1 aliphatic heterocycles. The molecule has 1 aliphatic rings. The van der Waals surface area contributed by atoms with Crippen molar-refractivity contribution < 1.29 is 4.79 Å². The minimum atomic E-state index is 0.243. The molecule has 0 radical (unpaired) electrons. The Kier molecular flexibility index (Phi) is 5.09. The Morgan fingerprint density at radius 1 is 1.21 bits per heavy atom. The van der Waals surface area contributed by atoms with Gasteiger partial charge in [-0.3, -0.25) is 9.78 Å². The van der Waals surface area contributed by atoms with Crippen molar-refractivity contribution in [1.82, 2.24) is 14.9 Å². The Balaban J connectivity index is 1.77. The second-order valence-electron chi connectivity index (χ2n) is 4.68. The van der Waals surface area contributed by atoms with Crippen molar-refractivity contribution in [3.8, 4) is 0 Å².